The minimum Gasteiger partial charge on any atom is -0.507 e. The maximum atomic E-state index is 9.94. The number of methoxy groups -OCH3 is 1. The molecule has 4 nitrogen and oxygen atoms in total. The fourth-order valence-corrected chi connectivity index (χ4v) is 2.02. The second-order valence-corrected chi connectivity index (χ2v) is 4.43. The van der Waals surface area contributed by atoms with Crippen LogP contribution in [-0.2, 0) is 0 Å². The summed E-state index contributed by atoms with van der Waals surface area (Å²) in [6, 6.07) is 5.59. The first-order valence-corrected chi connectivity index (χ1v) is 6.36. The standard InChI is InChI=1S/C14H23NO3/c1-4-11(7-8-16)15-10(2)13-6-5-12(18-3)9-14(13)17/h5-6,9-11,15-17H,4,7-8H2,1-3H3. The molecule has 0 saturated carbocycles. The first-order valence-electron chi connectivity index (χ1n) is 6.36. The monoisotopic (exact) mass is 253 g/mol. The zero-order valence-corrected chi connectivity index (χ0v) is 11.3. The summed E-state index contributed by atoms with van der Waals surface area (Å²) in [6.07, 6.45) is 1.67. The lowest BCUT2D eigenvalue weighted by molar-refractivity contribution is 0.256. The molecule has 0 aliphatic rings. The summed E-state index contributed by atoms with van der Waals surface area (Å²) < 4.78 is 5.06. The average Bonchev–Trinajstić information content (AvgIpc) is 2.37. The van der Waals surface area contributed by atoms with Gasteiger partial charge in [-0.05, 0) is 25.8 Å². The van der Waals surface area contributed by atoms with Crippen LogP contribution in [0.5, 0.6) is 11.5 Å². The van der Waals surface area contributed by atoms with Crippen LogP contribution >= 0.6 is 0 Å². The van der Waals surface area contributed by atoms with Crippen LogP contribution in [0.1, 0.15) is 38.3 Å². The van der Waals surface area contributed by atoms with E-state index in [1.165, 1.54) is 0 Å². The number of ether oxygens (including phenoxy) is 1. The first kappa shape index (κ1) is 14.8. The van der Waals surface area contributed by atoms with Gasteiger partial charge in [0, 0.05) is 30.3 Å². The van der Waals surface area contributed by atoms with Gasteiger partial charge < -0.3 is 20.3 Å². The summed E-state index contributed by atoms with van der Waals surface area (Å²) in [7, 11) is 1.57. The molecule has 0 saturated heterocycles. The van der Waals surface area contributed by atoms with Gasteiger partial charge in [0.2, 0.25) is 0 Å². The van der Waals surface area contributed by atoms with Crippen LogP contribution in [0.15, 0.2) is 18.2 Å². The molecule has 0 fully saturated rings. The van der Waals surface area contributed by atoms with E-state index in [1.54, 1.807) is 13.2 Å². The van der Waals surface area contributed by atoms with Crippen LogP contribution in [0.3, 0.4) is 0 Å². The second-order valence-electron chi connectivity index (χ2n) is 4.43. The molecule has 1 aromatic rings. The molecule has 0 heterocycles. The van der Waals surface area contributed by atoms with E-state index in [0.29, 0.717) is 5.75 Å². The summed E-state index contributed by atoms with van der Waals surface area (Å²) >= 11 is 0. The van der Waals surface area contributed by atoms with Crippen molar-refractivity contribution in [2.75, 3.05) is 13.7 Å². The number of aliphatic hydroxyl groups excluding tert-OH is 1. The van der Waals surface area contributed by atoms with Gasteiger partial charge in [0.05, 0.1) is 7.11 Å². The van der Waals surface area contributed by atoms with Crippen LogP contribution in [0.2, 0.25) is 0 Å². The van der Waals surface area contributed by atoms with Gasteiger partial charge in [0.25, 0.3) is 0 Å². The molecule has 0 bridgehead atoms. The quantitative estimate of drug-likeness (QED) is 0.697. The maximum absolute atomic E-state index is 9.94. The third-order valence-corrected chi connectivity index (χ3v) is 3.16. The van der Waals surface area contributed by atoms with E-state index >= 15 is 0 Å². The molecule has 102 valence electrons. The summed E-state index contributed by atoms with van der Waals surface area (Å²) in [5.41, 5.74) is 0.840. The molecular formula is C14H23NO3. The highest BCUT2D eigenvalue weighted by atomic mass is 16.5. The summed E-state index contributed by atoms with van der Waals surface area (Å²) in [6.45, 7) is 4.25. The Kier molecular flexibility index (Phi) is 5.95. The van der Waals surface area contributed by atoms with Crippen LogP contribution in [0.25, 0.3) is 0 Å². The van der Waals surface area contributed by atoms with Crippen molar-refractivity contribution in [3.8, 4) is 11.5 Å². The number of hydrogen-bond acceptors (Lipinski definition) is 4. The molecule has 0 aliphatic heterocycles. The van der Waals surface area contributed by atoms with Crippen molar-refractivity contribution in [2.24, 2.45) is 0 Å². The predicted molar refractivity (Wildman–Crippen MR) is 72.0 cm³/mol. The van der Waals surface area contributed by atoms with Crippen molar-refractivity contribution in [1.82, 2.24) is 5.32 Å². The van der Waals surface area contributed by atoms with Gasteiger partial charge in [0.15, 0.2) is 0 Å². The lowest BCUT2D eigenvalue weighted by Crippen LogP contribution is -2.31. The Balaban J connectivity index is 2.74. The highest BCUT2D eigenvalue weighted by molar-refractivity contribution is 5.41. The predicted octanol–water partition coefficient (Wildman–Crippen LogP) is 2.21. The zero-order chi connectivity index (χ0) is 13.5. The van der Waals surface area contributed by atoms with Gasteiger partial charge in [-0.3, -0.25) is 0 Å². The van der Waals surface area contributed by atoms with E-state index in [9.17, 15) is 5.11 Å². The molecule has 1 aromatic carbocycles. The van der Waals surface area contributed by atoms with E-state index in [1.807, 2.05) is 19.1 Å². The van der Waals surface area contributed by atoms with Gasteiger partial charge in [-0.1, -0.05) is 13.0 Å². The molecule has 2 unspecified atom stereocenters. The van der Waals surface area contributed by atoms with Crippen LogP contribution < -0.4 is 10.1 Å². The molecule has 4 heteroatoms. The zero-order valence-electron chi connectivity index (χ0n) is 11.3. The van der Waals surface area contributed by atoms with Crippen molar-refractivity contribution in [3.05, 3.63) is 23.8 Å². The lowest BCUT2D eigenvalue weighted by Gasteiger charge is -2.22. The Morgan fingerprint density at radius 3 is 2.61 bits per heavy atom. The van der Waals surface area contributed by atoms with Gasteiger partial charge >= 0.3 is 0 Å². The van der Waals surface area contributed by atoms with E-state index in [4.69, 9.17) is 9.84 Å². The Morgan fingerprint density at radius 1 is 1.39 bits per heavy atom. The van der Waals surface area contributed by atoms with Gasteiger partial charge in [-0.25, -0.2) is 0 Å². The summed E-state index contributed by atoms with van der Waals surface area (Å²) in [5.74, 6) is 0.874. The highest BCUT2D eigenvalue weighted by Crippen LogP contribution is 2.28. The van der Waals surface area contributed by atoms with E-state index < -0.39 is 0 Å². The third kappa shape index (κ3) is 3.89. The molecule has 1 rings (SSSR count). The molecule has 0 spiro atoms. The Morgan fingerprint density at radius 2 is 2.11 bits per heavy atom. The van der Waals surface area contributed by atoms with Crippen molar-refractivity contribution in [2.45, 2.75) is 38.8 Å². The highest BCUT2D eigenvalue weighted by Gasteiger charge is 2.14. The molecule has 0 aromatic heterocycles. The van der Waals surface area contributed by atoms with Crippen molar-refractivity contribution in [1.29, 1.82) is 0 Å². The molecule has 2 atom stereocenters. The van der Waals surface area contributed by atoms with E-state index in [2.05, 4.69) is 12.2 Å². The number of hydrogen-bond donors (Lipinski definition) is 3. The normalized spacial score (nSPS) is 14.2. The fourth-order valence-electron chi connectivity index (χ4n) is 2.02. The number of nitrogens with one attached hydrogen (secondary N) is 1. The number of phenolic OH excluding ortho intramolecular Hbond substituents is 1. The van der Waals surface area contributed by atoms with Gasteiger partial charge in [-0.2, -0.15) is 0 Å². The molecule has 0 radical (unpaired) electrons. The summed E-state index contributed by atoms with van der Waals surface area (Å²) in [5, 5.41) is 22.3. The SMILES string of the molecule is CCC(CCO)NC(C)c1ccc(OC)cc1O. The molecule has 18 heavy (non-hydrogen) atoms. The smallest absolute Gasteiger partial charge is 0.124 e. The number of aromatic hydroxyl groups is 1. The maximum Gasteiger partial charge on any atom is 0.124 e. The Hall–Kier alpha value is -1.26. The topological polar surface area (TPSA) is 61.7 Å². The summed E-state index contributed by atoms with van der Waals surface area (Å²) in [4.78, 5) is 0. The number of rotatable bonds is 7. The van der Waals surface area contributed by atoms with Gasteiger partial charge in [-0.15, -0.1) is 0 Å². The fraction of sp³-hybridized carbons (Fsp3) is 0.571. The Labute approximate surface area is 109 Å². The minimum atomic E-state index is 0.0346. The van der Waals surface area contributed by atoms with E-state index in [0.717, 1.165) is 18.4 Å². The molecule has 0 aliphatic carbocycles. The van der Waals surface area contributed by atoms with E-state index in [-0.39, 0.29) is 24.4 Å². The average molecular weight is 253 g/mol. The van der Waals surface area contributed by atoms with Crippen LogP contribution in [0, 0.1) is 0 Å². The lowest BCUT2D eigenvalue weighted by atomic mass is 10.0. The van der Waals surface area contributed by atoms with Crippen LogP contribution in [0.4, 0.5) is 0 Å². The van der Waals surface area contributed by atoms with Crippen molar-refractivity contribution >= 4 is 0 Å². The Bertz CT molecular complexity index is 368. The number of phenols is 1. The minimum absolute atomic E-state index is 0.0346. The number of aliphatic hydroxyl groups is 1. The second kappa shape index (κ2) is 7.24. The van der Waals surface area contributed by atoms with Gasteiger partial charge in [0.1, 0.15) is 11.5 Å². The third-order valence-electron chi connectivity index (χ3n) is 3.16. The van der Waals surface area contributed by atoms with Crippen LogP contribution in [-0.4, -0.2) is 30.0 Å². The number of benzene rings is 1. The van der Waals surface area contributed by atoms with Crippen molar-refractivity contribution in [3.63, 3.8) is 0 Å². The molecular weight excluding hydrogens is 230 g/mol. The largest absolute Gasteiger partial charge is 0.507 e. The van der Waals surface area contributed by atoms with Crippen molar-refractivity contribution < 1.29 is 14.9 Å². The first-order chi connectivity index (χ1) is 8.62. The molecule has 0 amide bonds. The molecule has 3 N–H and O–H groups in total.